The van der Waals surface area contributed by atoms with Crippen LogP contribution < -0.4 is 0 Å². The van der Waals surface area contributed by atoms with Crippen LogP contribution in [0.3, 0.4) is 0 Å². The molecule has 0 aromatic rings. The summed E-state index contributed by atoms with van der Waals surface area (Å²) < 4.78 is 0. The van der Waals surface area contributed by atoms with E-state index in [0.717, 1.165) is 6.54 Å². The molecular formula is C10H20ClNO2. The number of carboxylic acids is 1. The normalized spacial score (nSPS) is 9.64. The number of nitrogens with zero attached hydrogens (tertiary/aromatic N) is 1. The Balaban J connectivity index is 0. The minimum atomic E-state index is -0.901. The fraction of sp³-hybridized carbons (Fsp3) is 0.700. The van der Waals surface area contributed by atoms with Gasteiger partial charge in [0.15, 0.2) is 0 Å². The zero-order chi connectivity index (χ0) is 11.7. The SMILES string of the molecule is C=C(CCN(C)C)C(=O)O.CC(C)Cl. The number of hydrogen-bond acceptors (Lipinski definition) is 2. The summed E-state index contributed by atoms with van der Waals surface area (Å²) in [5.74, 6) is -0.901. The molecule has 0 saturated carbocycles. The minimum Gasteiger partial charge on any atom is -0.478 e. The second-order valence-electron chi connectivity index (χ2n) is 3.48. The Labute approximate surface area is 91.4 Å². The number of carbonyl (C=O) groups is 1. The van der Waals surface area contributed by atoms with Gasteiger partial charge in [-0.15, -0.1) is 11.6 Å². The molecule has 0 unspecified atom stereocenters. The van der Waals surface area contributed by atoms with E-state index in [0.29, 0.717) is 11.8 Å². The lowest BCUT2D eigenvalue weighted by atomic mass is 10.2. The van der Waals surface area contributed by atoms with Crippen LogP contribution in [0.1, 0.15) is 20.3 Å². The Morgan fingerprint density at radius 1 is 1.50 bits per heavy atom. The molecule has 0 bridgehead atoms. The molecule has 0 aliphatic heterocycles. The van der Waals surface area contributed by atoms with Gasteiger partial charge < -0.3 is 10.0 Å². The first-order chi connectivity index (χ1) is 6.27. The van der Waals surface area contributed by atoms with Crippen molar-refractivity contribution in [2.75, 3.05) is 20.6 Å². The lowest BCUT2D eigenvalue weighted by Crippen LogP contribution is -2.15. The van der Waals surface area contributed by atoms with E-state index < -0.39 is 5.97 Å². The van der Waals surface area contributed by atoms with E-state index in [9.17, 15) is 4.79 Å². The molecule has 4 heteroatoms. The minimum absolute atomic E-state index is 0.272. The average molecular weight is 222 g/mol. The Hall–Kier alpha value is -0.540. The van der Waals surface area contributed by atoms with Crippen LogP contribution in [0.15, 0.2) is 12.2 Å². The molecule has 0 saturated heterocycles. The number of hydrogen-bond donors (Lipinski definition) is 1. The highest BCUT2D eigenvalue weighted by molar-refractivity contribution is 6.20. The standard InChI is InChI=1S/C7H13NO2.C3H7Cl/c1-6(7(9)10)4-5-8(2)3;1-3(2)4/h1,4-5H2,2-3H3,(H,9,10);3H,1-2H3. The first kappa shape index (κ1) is 15.9. The molecule has 0 amide bonds. The summed E-state index contributed by atoms with van der Waals surface area (Å²) in [4.78, 5) is 12.1. The maximum Gasteiger partial charge on any atom is 0.331 e. The van der Waals surface area contributed by atoms with Gasteiger partial charge in [0.2, 0.25) is 0 Å². The van der Waals surface area contributed by atoms with Crippen molar-refractivity contribution in [1.82, 2.24) is 4.90 Å². The molecule has 84 valence electrons. The van der Waals surface area contributed by atoms with Crippen molar-refractivity contribution in [3.63, 3.8) is 0 Å². The topological polar surface area (TPSA) is 40.5 Å². The second-order valence-corrected chi connectivity index (χ2v) is 4.35. The summed E-state index contributed by atoms with van der Waals surface area (Å²) in [7, 11) is 3.80. The molecular weight excluding hydrogens is 202 g/mol. The molecule has 0 radical (unpaired) electrons. The number of carboxylic acid groups (broad SMARTS) is 1. The molecule has 14 heavy (non-hydrogen) atoms. The Morgan fingerprint density at radius 2 is 1.86 bits per heavy atom. The molecule has 0 aromatic heterocycles. The van der Waals surface area contributed by atoms with Crippen LogP contribution >= 0.6 is 11.6 Å². The molecule has 0 fully saturated rings. The van der Waals surface area contributed by atoms with Crippen molar-refractivity contribution in [1.29, 1.82) is 0 Å². The van der Waals surface area contributed by atoms with Gasteiger partial charge in [-0.2, -0.15) is 0 Å². The third-order valence-corrected chi connectivity index (χ3v) is 1.16. The number of halogens is 1. The Kier molecular flexibility index (Phi) is 10.3. The average Bonchev–Trinajstić information content (AvgIpc) is 1.98. The largest absolute Gasteiger partial charge is 0.478 e. The molecule has 0 aliphatic carbocycles. The predicted octanol–water partition coefficient (Wildman–Crippen LogP) is 2.21. The van der Waals surface area contributed by atoms with Gasteiger partial charge in [0.1, 0.15) is 0 Å². The molecule has 0 atom stereocenters. The van der Waals surface area contributed by atoms with Gasteiger partial charge in [0.25, 0.3) is 0 Å². The van der Waals surface area contributed by atoms with Gasteiger partial charge >= 0.3 is 5.97 Å². The Bertz CT molecular complexity index is 176. The van der Waals surface area contributed by atoms with Crippen LogP contribution in [0.25, 0.3) is 0 Å². The number of rotatable bonds is 4. The van der Waals surface area contributed by atoms with Crippen LogP contribution in [-0.2, 0) is 4.79 Å². The third-order valence-electron chi connectivity index (χ3n) is 1.16. The van der Waals surface area contributed by atoms with Crippen molar-refractivity contribution < 1.29 is 9.90 Å². The molecule has 0 aliphatic rings. The Morgan fingerprint density at radius 3 is 2.07 bits per heavy atom. The maximum absolute atomic E-state index is 10.2. The van der Waals surface area contributed by atoms with E-state index in [1.807, 2.05) is 32.8 Å². The summed E-state index contributed by atoms with van der Waals surface area (Å²) in [5, 5.41) is 8.68. The van der Waals surface area contributed by atoms with Gasteiger partial charge in [-0.25, -0.2) is 4.79 Å². The van der Waals surface area contributed by atoms with Crippen LogP contribution in [0, 0.1) is 0 Å². The highest BCUT2D eigenvalue weighted by Gasteiger charge is 2.02. The fourth-order valence-corrected chi connectivity index (χ4v) is 0.465. The summed E-state index contributed by atoms with van der Waals surface area (Å²) in [6.45, 7) is 8.01. The van der Waals surface area contributed by atoms with Crippen molar-refractivity contribution in [3.05, 3.63) is 12.2 Å². The number of alkyl halides is 1. The quantitative estimate of drug-likeness (QED) is 0.585. The second kappa shape index (κ2) is 9.03. The predicted molar refractivity (Wildman–Crippen MR) is 60.9 cm³/mol. The smallest absolute Gasteiger partial charge is 0.331 e. The first-order valence-electron chi connectivity index (χ1n) is 4.47. The van der Waals surface area contributed by atoms with Crippen molar-refractivity contribution in [2.24, 2.45) is 0 Å². The molecule has 0 heterocycles. The zero-order valence-electron chi connectivity index (χ0n) is 9.38. The summed E-state index contributed by atoms with van der Waals surface area (Å²) >= 11 is 5.27. The highest BCUT2D eigenvalue weighted by Crippen LogP contribution is 1.97. The van der Waals surface area contributed by atoms with E-state index in [1.54, 1.807) is 0 Å². The summed E-state index contributed by atoms with van der Waals surface area (Å²) in [6.07, 6.45) is 0.530. The maximum atomic E-state index is 10.2. The first-order valence-corrected chi connectivity index (χ1v) is 4.90. The molecule has 0 aromatic carbocycles. The molecule has 0 rings (SSSR count). The van der Waals surface area contributed by atoms with Crippen molar-refractivity contribution in [3.8, 4) is 0 Å². The van der Waals surface area contributed by atoms with Gasteiger partial charge in [-0.1, -0.05) is 6.58 Å². The van der Waals surface area contributed by atoms with E-state index in [1.165, 1.54) is 0 Å². The van der Waals surface area contributed by atoms with Gasteiger partial charge in [0.05, 0.1) is 0 Å². The van der Waals surface area contributed by atoms with E-state index in [2.05, 4.69) is 6.58 Å². The van der Waals surface area contributed by atoms with Crippen LogP contribution in [0.2, 0.25) is 0 Å². The monoisotopic (exact) mass is 221 g/mol. The van der Waals surface area contributed by atoms with Crippen molar-refractivity contribution in [2.45, 2.75) is 25.6 Å². The number of aliphatic carboxylic acids is 1. The molecule has 1 N–H and O–H groups in total. The fourth-order valence-electron chi connectivity index (χ4n) is 0.465. The van der Waals surface area contributed by atoms with Crippen LogP contribution in [-0.4, -0.2) is 42.0 Å². The van der Waals surface area contributed by atoms with Crippen LogP contribution in [0.5, 0.6) is 0 Å². The zero-order valence-corrected chi connectivity index (χ0v) is 10.1. The molecule has 3 nitrogen and oxygen atoms in total. The van der Waals surface area contributed by atoms with E-state index in [-0.39, 0.29) is 5.57 Å². The third kappa shape index (κ3) is 17.5. The van der Waals surface area contributed by atoms with E-state index in [4.69, 9.17) is 16.7 Å². The lowest BCUT2D eigenvalue weighted by Gasteiger charge is -2.07. The summed E-state index contributed by atoms with van der Waals surface area (Å²) in [5.41, 5.74) is 0.272. The van der Waals surface area contributed by atoms with Gasteiger partial charge in [-0.05, 0) is 34.4 Å². The van der Waals surface area contributed by atoms with E-state index >= 15 is 0 Å². The van der Waals surface area contributed by atoms with Gasteiger partial charge in [0, 0.05) is 17.5 Å². The summed E-state index contributed by atoms with van der Waals surface area (Å²) in [6, 6.07) is 0. The lowest BCUT2D eigenvalue weighted by molar-refractivity contribution is -0.132. The van der Waals surface area contributed by atoms with Gasteiger partial charge in [-0.3, -0.25) is 0 Å². The van der Waals surface area contributed by atoms with Crippen molar-refractivity contribution >= 4 is 17.6 Å². The van der Waals surface area contributed by atoms with Crippen LogP contribution in [0.4, 0.5) is 0 Å². The highest BCUT2D eigenvalue weighted by atomic mass is 35.5. The molecule has 0 spiro atoms.